The molecule has 5 nitrogen and oxygen atoms in total. The van der Waals surface area contributed by atoms with Gasteiger partial charge in [0.1, 0.15) is 17.3 Å². The van der Waals surface area contributed by atoms with E-state index in [-0.39, 0.29) is 11.5 Å². The minimum Gasteiger partial charge on any atom is -0.507 e. The Balaban J connectivity index is 1.70. The van der Waals surface area contributed by atoms with E-state index in [4.69, 9.17) is 16.3 Å². The van der Waals surface area contributed by atoms with Crippen LogP contribution in [-0.2, 0) is 0 Å². The lowest BCUT2D eigenvalue weighted by atomic mass is 10.0. The number of pyridine rings is 1. The van der Waals surface area contributed by atoms with E-state index in [2.05, 4.69) is 22.2 Å². The van der Waals surface area contributed by atoms with Gasteiger partial charge in [-0.3, -0.25) is 0 Å². The van der Waals surface area contributed by atoms with Crippen LogP contribution >= 0.6 is 11.6 Å². The van der Waals surface area contributed by atoms with Crippen molar-refractivity contribution in [1.29, 1.82) is 0 Å². The van der Waals surface area contributed by atoms with E-state index >= 15 is 0 Å². The topological polar surface area (TPSA) is 57.6 Å². The Labute approximate surface area is 197 Å². The zero-order chi connectivity index (χ0) is 23.4. The molecule has 0 spiro atoms. The van der Waals surface area contributed by atoms with E-state index in [9.17, 15) is 13.9 Å². The molecule has 2 aromatic carbocycles. The van der Waals surface area contributed by atoms with Crippen molar-refractivity contribution in [2.24, 2.45) is 0 Å². The molecule has 0 radical (unpaired) electrons. The normalized spacial score (nSPS) is 16.3. The number of aromatic hydroxyl groups is 1. The van der Waals surface area contributed by atoms with Crippen LogP contribution in [0.1, 0.15) is 19.3 Å². The maximum atomic E-state index is 13.0. The lowest BCUT2D eigenvalue weighted by molar-refractivity contribution is -0.0494. The number of halogens is 3. The first-order valence-electron chi connectivity index (χ1n) is 10.9. The molecule has 0 saturated carbocycles. The Kier molecular flexibility index (Phi) is 7.30. The van der Waals surface area contributed by atoms with Crippen LogP contribution in [0, 0.1) is 0 Å². The molecule has 2 heterocycles. The Bertz CT molecular complexity index is 1110. The van der Waals surface area contributed by atoms with Crippen molar-refractivity contribution in [3.63, 3.8) is 0 Å². The number of hydrogen-bond donors (Lipinski definition) is 2. The van der Waals surface area contributed by atoms with Gasteiger partial charge < -0.3 is 20.1 Å². The number of benzene rings is 2. The first kappa shape index (κ1) is 23.3. The predicted molar refractivity (Wildman–Crippen MR) is 127 cm³/mol. The number of alkyl halides is 2. The second-order valence-electron chi connectivity index (χ2n) is 8.15. The molecule has 3 aromatic rings. The number of rotatable bonds is 8. The maximum Gasteiger partial charge on any atom is 0.387 e. The van der Waals surface area contributed by atoms with Gasteiger partial charge >= 0.3 is 6.61 Å². The summed E-state index contributed by atoms with van der Waals surface area (Å²) in [6, 6.07) is 15.4. The quantitative estimate of drug-likeness (QED) is 0.403. The number of phenols is 1. The highest BCUT2D eigenvalue weighted by Crippen LogP contribution is 2.37. The van der Waals surface area contributed by atoms with E-state index in [1.165, 1.54) is 25.0 Å². The van der Waals surface area contributed by atoms with E-state index in [0.29, 0.717) is 45.8 Å². The van der Waals surface area contributed by atoms with Crippen molar-refractivity contribution in [3.05, 3.63) is 59.6 Å². The van der Waals surface area contributed by atoms with E-state index in [1.54, 1.807) is 42.5 Å². The highest BCUT2D eigenvalue weighted by atomic mass is 35.5. The molecular weight excluding hydrogens is 448 g/mol. The molecule has 2 N–H and O–H groups in total. The van der Waals surface area contributed by atoms with Gasteiger partial charge in [0.25, 0.3) is 0 Å². The van der Waals surface area contributed by atoms with Crippen LogP contribution in [-0.4, -0.2) is 47.8 Å². The van der Waals surface area contributed by atoms with Crippen LogP contribution in [0.2, 0.25) is 5.02 Å². The molecule has 174 valence electrons. The summed E-state index contributed by atoms with van der Waals surface area (Å²) < 4.78 is 30.7. The zero-order valence-electron chi connectivity index (χ0n) is 18.3. The molecule has 1 atom stereocenters. The molecule has 8 heteroatoms. The Morgan fingerprint density at radius 3 is 2.76 bits per heavy atom. The molecule has 0 aliphatic carbocycles. The van der Waals surface area contributed by atoms with Crippen LogP contribution in [0.3, 0.4) is 0 Å². The van der Waals surface area contributed by atoms with Crippen molar-refractivity contribution >= 4 is 17.4 Å². The van der Waals surface area contributed by atoms with E-state index in [1.807, 2.05) is 0 Å². The van der Waals surface area contributed by atoms with Crippen LogP contribution in [0.4, 0.5) is 14.6 Å². The van der Waals surface area contributed by atoms with Gasteiger partial charge in [0, 0.05) is 28.7 Å². The van der Waals surface area contributed by atoms with Gasteiger partial charge in [-0.25, -0.2) is 4.98 Å². The second-order valence-corrected chi connectivity index (χ2v) is 8.59. The fraction of sp³-hybridized carbons (Fsp3) is 0.320. The largest absolute Gasteiger partial charge is 0.507 e. The van der Waals surface area contributed by atoms with Crippen LogP contribution < -0.4 is 10.1 Å². The number of aromatic nitrogens is 1. The maximum absolute atomic E-state index is 13.0. The van der Waals surface area contributed by atoms with Crippen molar-refractivity contribution in [2.45, 2.75) is 31.9 Å². The molecular formula is C25H26ClF2N3O2. The van der Waals surface area contributed by atoms with Gasteiger partial charge in [-0.15, -0.1) is 0 Å². The van der Waals surface area contributed by atoms with Crippen molar-refractivity contribution in [1.82, 2.24) is 9.88 Å². The number of anilines is 1. The Morgan fingerprint density at radius 2 is 2.00 bits per heavy atom. The summed E-state index contributed by atoms with van der Waals surface area (Å²) in [5.74, 6) is 0.674. The van der Waals surface area contributed by atoms with Crippen LogP contribution in [0.25, 0.3) is 22.4 Å². The van der Waals surface area contributed by atoms with Gasteiger partial charge in [0.15, 0.2) is 0 Å². The molecule has 1 aliphatic heterocycles. The highest BCUT2D eigenvalue weighted by Gasteiger charge is 2.20. The number of para-hydroxylation sites is 1. The van der Waals surface area contributed by atoms with Crippen molar-refractivity contribution in [3.8, 4) is 33.9 Å². The number of phenolic OH excluding ortho intramolecular Hbond substituents is 1. The molecule has 0 bridgehead atoms. The monoisotopic (exact) mass is 473 g/mol. The third kappa shape index (κ3) is 5.72. The average molecular weight is 474 g/mol. The number of hydrogen-bond acceptors (Lipinski definition) is 5. The van der Waals surface area contributed by atoms with Gasteiger partial charge in [-0.05, 0) is 74.8 Å². The molecule has 33 heavy (non-hydrogen) atoms. The standard InChI is InChI=1S/C25H26ClF2N3O2/c1-31-12-4-5-18(31)10-11-29-24-14-16(19-6-2-3-7-23(19)33-25(27)28)13-21(30-24)20-15-17(26)8-9-22(20)32/h2-3,6-9,13-15,18,25,32H,4-5,10-12H2,1H3,(H,29,30). The summed E-state index contributed by atoms with van der Waals surface area (Å²) in [6.45, 7) is -1.12. The molecule has 1 unspecified atom stereocenters. The summed E-state index contributed by atoms with van der Waals surface area (Å²) in [7, 11) is 2.14. The molecule has 4 rings (SSSR count). The summed E-state index contributed by atoms with van der Waals surface area (Å²) >= 11 is 6.15. The summed E-state index contributed by atoms with van der Waals surface area (Å²) in [4.78, 5) is 7.03. The second kappa shape index (κ2) is 10.4. The van der Waals surface area contributed by atoms with Crippen LogP contribution in [0.5, 0.6) is 11.5 Å². The lowest BCUT2D eigenvalue weighted by Gasteiger charge is -2.20. The molecule has 1 saturated heterocycles. The number of nitrogens with one attached hydrogen (secondary N) is 1. The molecule has 1 fully saturated rings. The SMILES string of the molecule is CN1CCCC1CCNc1cc(-c2ccccc2OC(F)F)cc(-c2cc(Cl)ccc2O)n1. The van der Waals surface area contributed by atoms with Crippen LogP contribution in [0.15, 0.2) is 54.6 Å². The predicted octanol–water partition coefficient (Wildman–Crippen LogP) is 6.27. The average Bonchev–Trinajstić information content (AvgIpc) is 3.20. The Morgan fingerprint density at radius 1 is 1.18 bits per heavy atom. The number of ether oxygens (including phenoxy) is 1. The first-order chi connectivity index (χ1) is 15.9. The minimum atomic E-state index is -2.94. The van der Waals surface area contributed by atoms with Gasteiger partial charge in [0.2, 0.25) is 0 Å². The number of likely N-dealkylation sites (tertiary alicyclic amines) is 1. The van der Waals surface area contributed by atoms with E-state index < -0.39 is 6.61 Å². The molecule has 0 amide bonds. The molecule has 1 aromatic heterocycles. The third-order valence-electron chi connectivity index (χ3n) is 5.93. The van der Waals surface area contributed by atoms with Gasteiger partial charge in [-0.1, -0.05) is 29.8 Å². The van der Waals surface area contributed by atoms with Crippen molar-refractivity contribution < 1.29 is 18.6 Å². The highest BCUT2D eigenvalue weighted by molar-refractivity contribution is 6.31. The third-order valence-corrected chi connectivity index (χ3v) is 6.16. The van der Waals surface area contributed by atoms with E-state index in [0.717, 1.165) is 13.0 Å². The summed E-state index contributed by atoms with van der Waals surface area (Å²) in [5, 5.41) is 14.2. The smallest absolute Gasteiger partial charge is 0.387 e. The Hall–Kier alpha value is -2.90. The fourth-order valence-corrected chi connectivity index (χ4v) is 4.41. The molecule has 1 aliphatic rings. The fourth-order valence-electron chi connectivity index (χ4n) is 4.24. The van der Waals surface area contributed by atoms with Gasteiger partial charge in [-0.2, -0.15) is 8.78 Å². The zero-order valence-corrected chi connectivity index (χ0v) is 19.0. The summed E-state index contributed by atoms with van der Waals surface area (Å²) in [5.41, 5.74) is 2.06. The first-order valence-corrected chi connectivity index (χ1v) is 11.3. The van der Waals surface area contributed by atoms with Crippen molar-refractivity contribution in [2.75, 3.05) is 25.5 Å². The minimum absolute atomic E-state index is 0.0275. The summed E-state index contributed by atoms with van der Waals surface area (Å²) in [6.07, 6.45) is 3.34. The lowest BCUT2D eigenvalue weighted by Crippen LogP contribution is -2.27. The number of nitrogens with zero attached hydrogens (tertiary/aromatic N) is 2. The van der Waals surface area contributed by atoms with Gasteiger partial charge in [0.05, 0.1) is 5.69 Å².